The number of benzene rings is 1. The standard InChI is InChI=1S/C25H33N3O2/c1-26(2)24(30)22-17-28(23(29)15-21(22)19-9-5-4-6-10-19)16-20-11-14-27(3)18-25(20)12-7-8-13-25/h4-6,9-10,15,17,20H,7-8,11-14,16,18H2,1-3H3. The van der Waals surface area contributed by atoms with Crippen molar-refractivity contribution >= 4 is 5.91 Å². The highest BCUT2D eigenvalue weighted by atomic mass is 16.2. The number of hydrogen-bond donors (Lipinski definition) is 0. The van der Waals surface area contributed by atoms with E-state index in [0.717, 1.165) is 30.6 Å². The van der Waals surface area contributed by atoms with E-state index in [4.69, 9.17) is 0 Å². The van der Waals surface area contributed by atoms with Crippen LogP contribution in [0.15, 0.2) is 47.4 Å². The Balaban J connectivity index is 1.73. The molecule has 0 N–H and O–H groups in total. The summed E-state index contributed by atoms with van der Waals surface area (Å²) in [4.78, 5) is 30.2. The second kappa shape index (κ2) is 8.38. The number of carbonyl (C=O) groups excluding carboxylic acids is 1. The van der Waals surface area contributed by atoms with Crippen molar-refractivity contribution in [3.05, 3.63) is 58.5 Å². The van der Waals surface area contributed by atoms with Gasteiger partial charge in [-0.05, 0) is 49.8 Å². The molecular formula is C25H33N3O2. The lowest BCUT2D eigenvalue weighted by molar-refractivity contribution is 0.0346. The monoisotopic (exact) mass is 407 g/mol. The van der Waals surface area contributed by atoms with Crippen molar-refractivity contribution in [2.45, 2.75) is 38.6 Å². The molecule has 0 bridgehead atoms. The Morgan fingerprint density at radius 3 is 2.53 bits per heavy atom. The fraction of sp³-hybridized carbons (Fsp3) is 0.520. The lowest BCUT2D eigenvalue weighted by atomic mass is 9.69. The second-order valence-electron chi connectivity index (χ2n) is 9.45. The van der Waals surface area contributed by atoms with E-state index < -0.39 is 0 Å². The summed E-state index contributed by atoms with van der Waals surface area (Å²) in [7, 11) is 5.74. The molecule has 160 valence electrons. The van der Waals surface area contributed by atoms with Crippen molar-refractivity contribution in [3.63, 3.8) is 0 Å². The third-order valence-corrected chi connectivity index (χ3v) is 7.17. The molecule has 1 aromatic heterocycles. The normalized spacial score (nSPS) is 21.1. The third kappa shape index (κ3) is 3.95. The number of aromatic nitrogens is 1. The molecule has 2 heterocycles. The molecule has 2 fully saturated rings. The number of carbonyl (C=O) groups is 1. The van der Waals surface area contributed by atoms with Gasteiger partial charge in [0.05, 0.1) is 5.56 Å². The molecule has 1 saturated heterocycles. The van der Waals surface area contributed by atoms with Crippen molar-refractivity contribution in [2.75, 3.05) is 34.2 Å². The Morgan fingerprint density at radius 1 is 1.17 bits per heavy atom. The molecule has 2 aromatic rings. The molecule has 5 nitrogen and oxygen atoms in total. The maximum atomic E-state index is 13.1. The smallest absolute Gasteiger partial charge is 0.255 e. The number of piperidine rings is 1. The SMILES string of the molecule is CN1CCC(Cn2cc(C(=O)N(C)C)c(-c3ccccc3)cc2=O)C2(CCCC2)C1. The molecule has 1 amide bonds. The summed E-state index contributed by atoms with van der Waals surface area (Å²) < 4.78 is 1.80. The Kier molecular flexibility index (Phi) is 5.83. The number of nitrogens with zero attached hydrogens (tertiary/aromatic N) is 3. The quantitative estimate of drug-likeness (QED) is 0.776. The first-order valence-corrected chi connectivity index (χ1v) is 11.1. The predicted molar refractivity (Wildman–Crippen MR) is 121 cm³/mol. The lowest BCUT2D eigenvalue weighted by Crippen LogP contribution is -2.48. The number of pyridine rings is 1. The molecular weight excluding hydrogens is 374 g/mol. The maximum absolute atomic E-state index is 13.1. The van der Waals surface area contributed by atoms with Crippen LogP contribution >= 0.6 is 0 Å². The average Bonchev–Trinajstić information content (AvgIpc) is 3.19. The van der Waals surface area contributed by atoms with E-state index in [0.29, 0.717) is 23.4 Å². The molecule has 1 aliphatic heterocycles. The minimum Gasteiger partial charge on any atom is -0.345 e. The van der Waals surface area contributed by atoms with Gasteiger partial charge in [0.1, 0.15) is 0 Å². The van der Waals surface area contributed by atoms with Crippen LogP contribution in [-0.2, 0) is 6.54 Å². The molecule has 5 heteroatoms. The Hall–Kier alpha value is -2.40. The summed E-state index contributed by atoms with van der Waals surface area (Å²) in [6, 6.07) is 11.4. The first-order valence-electron chi connectivity index (χ1n) is 11.1. The highest BCUT2D eigenvalue weighted by Crippen LogP contribution is 2.48. The number of hydrogen-bond acceptors (Lipinski definition) is 3. The van der Waals surface area contributed by atoms with Gasteiger partial charge in [-0.3, -0.25) is 9.59 Å². The minimum absolute atomic E-state index is 0.0174. The van der Waals surface area contributed by atoms with E-state index in [9.17, 15) is 9.59 Å². The number of rotatable bonds is 4. The van der Waals surface area contributed by atoms with Gasteiger partial charge < -0.3 is 14.4 Å². The van der Waals surface area contributed by atoms with Crippen molar-refractivity contribution in [3.8, 4) is 11.1 Å². The van der Waals surface area contributed by atoms with Crippen LogP contribution in [0.25, 0.3) is 11.1 Å². The predicted octanol–water partition coefficient (Wildman–Crippen LogP) is 3.73. The zero-order valence-electron chi connectivity index (χ0n) is 18.4. The topological polar surface area (TPSA) is 45.6 Å². The van der Waals surface area contributed by atoms with Gasteiger partial charge in [-0.2, -0.15) is 0 Å². The van der Waals surface area contributed by atoms with Crippen LogP contribution in [0.1, 0.15) is 42.5 Å². The van der Waals surface area contributed by atoms with E-state index in [1.54, 1.807) is 29.6 Å². The van der Waals surface area contributed by atoms with E-state index in [2.05, 4.69) is 11.9 Å². The van der Waals surface area contributed by atoms with Crippen LogP contribution in [0.3, 0.4) is 0 Å². The van der Waals surface area contributed by atoms with Crippen molar-refractivity contribution in [1.29, 1.82) is 0 Å². The zero-order valence-corrected chi connectivity index (χ0v) is 18.4. The van der Waals surface area contributed by atoms with Gasteiger partial charge in [-0.25, -0.2) is 0 Å². The van der Waals surface area contributed by atoms with E-state index in [1.165, 1.54) is 25.7 Å². The fourth-order valence-electron chi connectivity index (χ4n) is 5.58. The van der Waals surface area contributed by atoms with Crippen molar-refractivity contribution in [2.24, 2.45) is 11.3 Å². The highest BCUT2D eigenvalue weighted by molar-refractivity contribution is 6.00. The van der Waals surface area contributed by atoms with Crippen LogP contribution in [0.5, 0.6) is 0 Å². The number of likely N-dealkylation sites (tertiary alicyclic amines) is 1. The minimum atomic E-state index is -0.0680. The summed E-state index contributed by atoms with van der Waals surface area (Å²) in [6.07, 6.45) is 8.01. The molecule has 1 unspecified atom stereocenters. The molecule has 2 aliphatic rings. The summed E-state index contributed by atoms with van der Waals surface area (Å²) in [5, 5.41) is 0. The van der Waals surface area contributed by atoms with Crippen LogP contribution in [0, 0.1) is 11.3 Å². The molecule has 1 atom stereocenters. The van der Waals surface area contributed by atoms with Gasteiger partial charge in [0.25, 0.3) is 11.5 Å². The molecule has 1 aliphatic carbocycles. The highest BCUT2D eigenvalue weighted by Gasteiger charge is 2.44. The molecule has 1 saturated carbocycles. The van der Waals surface area contributed by atoms with Gasteiger partial charge >= 0.3 is 0 Å². The summed E-state index contributed by atoms with van der Waals surface area (Å²) in [5.41, 5.74) is 2.51. The van der Waals surface area contributed by atoms with Crippen LogP contribution in [-0.4, -0.2) is 54.5 Å². The Labute approximate surface area is 179 Å². The lowest BCUT2D eigenvalue weighted by Gasteiger charge is -2.45. The van der Waals surface area contributed by atoms with Crippen LogP contribution in [0.2, 0.25) is 0 Å². The van der Waals surface area contributed by atoms with Gasteiger partial charge in [0, 0.05) is 45.0 Å². The van der Waals surface area contributed by atoms with Crippen molar-refractivity contribution < 1.29 is 4.79 Å². The Bertz CT molecular complexity index is 958. The summed E-state index contributed by atoms with van der Waals surface area (Å²) in [6.45, 7) is 2.90. The fourth-order valence-corrected chi connectivity index (χ4v) is 5.58. The van der Waals surface area contributed by atoms with E-state index >= 15 is 0 Å². The van der Waals surface area contributed by atoms with E-state index in [-0.39, 0.29) is 11.5 Å². The van der Waals surface area contributed by atoms with Crippen molar-refractivity contribution in [1.82, 2.24) is 14.4 Å². The van der Waals surface area contributed by atoms with Gasteiger partial charge in [0.2, 0.25) is 0 Å². The zero-order chi connectivity index (χ0) is 21.3. The molecule has 0 radical (unpaired) electrons. The first-order chi connectivity index (χ1) is 14.4. The second-order valence-corrected chi connectivity index (χ2v) is 9.45. The van der Waals surface area contributed by atoms with Crippen LogP contribution < -0.4 is 5.56 Å². The largest absolute Gasteiger partial charge is 0.345 e. The Morgan fingerprint density at radius 2 is 1.87 bits per heavy atom. The number of amides is 1. The van der Waals surface area contributed by atoms with Gasteiger partial charge in [0.15, 0.2) is 0 Å². The molecule has 30 heavy (non-hydrogen) atoms. The van der Waals surface area contributed by atoms with Gasteiger partial charge in [-0.15, -0.1) is 0 Å². The average molecular weight is 408 g/mol. The first kappa shape index (κ1) is 20.9. The molecule has 1 spiro atoms. The van der Waals surface area contributed by atoms with Gasteiger partial charge in [-0.1, -0.05) is 43.2 Å². The molecule has 4 rings (SSSR count). The van der Waals surface area contributed by atoms with E-state index in [1.807, 2.05) is 36.5 Å². The third-order valence-electron chi connectivity index (χ3n) is 7.17. The molecule has 1 aromatic carbocycles. The summed E-state index contributed by atoms with van der Waals surface area (Å²) in [5.74, 6) is 0.417. The van der Waals surface area contributed by atoms with Crippen LogP contribution in [0.4, 0.5) is 0 Å². The maximum Gasteiger partial charge on any atom is 0.255 e. The summed E-state index contributed by atoms with van der Waals surface area (Å²) >= 11 is 0.